The number of hydrogen-bond donors (Lipinski definition) is 2. The zero-order valence-electron chi connectivity index (χ0n) is 8.93. The molecule has 0 spiro atoms. The van der Waals surface area contributed by atoms with E-state index in [1.807, 2.05) is 6.07 Å². The quantitative estimate of drug-likeness (QED) is 0.762. The number of nitrogens with zero attached hydrogens (tertiary/aromatic N) is 3. The van der Waals surface area contributed by atoms with Gasteiger partial charge < -0.3 is 10.2 Å². The standard InChI is InChI=1S/C12H11N3O2/c13-8-11(16)12(17)9-2-4-10(5-3-9)15-7-1-6-14-15/h1-7,11-12,16-17H. The Bertz CT molecular complexity index is 514. The topological polar surface area (TPSA) is 82.1 Å². The lowest BCUT2D eigenvalue weighted by Gasteiger charge is -2.12. The summed E-state index contributed by atoms with van der Waals surface area (Å²) in [4.78, 5) is 0. The first-order valence-corrected chi connectivity index (χ1v) is 5.08. The number of aliphatic hydroxyl groups excluding tert-OH is 2. The second-order valence-corrected chi connectivity index (χ2v) is 3.56. The van der Waals surface area contributed by atoms with Crippen LogP contribution in [0.3, 0.4) is 0 Å². The number of hydrogen-bond acceptors (Lipinski definition) is 4. The molecule has 0 bridgehead atoms. The van der Waals surface area contributed by atoms with Crippen molar-refractivity contribution in [2.45, 2.75) is 12.2 Å². The van der Waals surface area contributed by atoms with Crippen LogP contribution in [0, 0.1) is 11.3 Å². The summed E-state index contributed by atoms with van der Waals surface area (Å²) >= 11 is 0. The third-order valence-corrected chi connectivity index (χ3v) is 2.43. The summed E-state index contributed by atoms with van der Waals surface area (Å²) in [5.41, 5.74) is 1.34. The molecule has 0 aliphatic heterocycles. The van der Waals surface area contributed by atoms with E-state index in [0.717, 1.165) is 5.69 Å². The van der Waals surface area contributed by atoms with Gasteiger partial charge in [0.2, 0.25) is 0 Å². The van der Waals surface area contributed by atoms with Gasteiger partial charge in [0.1, 0.15) is 6.10 Å². The molecular formula is C12H11N3O2. The fourth-order valence-electron chi connectivity index (χ4n) is 1.50. The first kappa shape index (κ1) is 11.3. The Morgan fingerprint density at radius 3 is 2.47 bits per heavy atom. The van der Waals surface area contributed by atoms with E-state index in [1.165, 1.54) is 0 Å². The number of aliphatic hydroxyl groups is 2. The molecule has 2 rings (SSSR count). The van der Waals surface area contributed by atoms with Gasteiger partial charge in [-0.05, 0) is 23.8 Å². The molecule has 2 aromatic rings. The first-order chi connectivity index (χ1) is 8.22. The molecule has 86 valence electrons. The van der Waals surface area contributed by atoms with Gasteiger partial charge in [0.15, 0.2) is 6.10 Å². The molecule has 5 nitrogen and oxygen atoms in total. The van der Waals surface area contributed by atoms with Gasteiger partial charge in [-0.25, -0.2) is 4.68 Å². The highest BCUT2D eigenvalue weighted by Gasteiger charge is 2.17. The maximum atomic E-state index is 9.62. The molecule has 2 atom stereocenters. The van der Waals surface area contributed by atoms with Gasteiger partial charge in [0.25, 0.3) is 0 Å². The zero-order valence-corrected chi connectivity index (χ0v) is 8.93. The summed E-state index contributed by atoms with van der Waals surface area (Å²) in [5, 5.41) is 31.4. The summed E-state index contributed by atoms with van der Waals surface area (Å²) in [6, 6.07) is 10.2. The Balaban J connectivity index is 2.22. The van der Waals surface area contributed by atoms with Gasteiger partial charge >= 0.3 is 0 Å². The number of rotatable bonds is 3. The van der Waals surface area contributed by atoms with E-state index < -0.39 is 12.2 Å². The number of aromatic nitrogens is 2. The average molecular weight is 229 g/mol. The normalized spacial score (nSPS) is 13.9. The molecule has 5 heteroatoms. The van der Waals surface area contributed by atoms with Crippen molar-refractivity contribution in [2.24, 2.45) is 0 Å². The van der Waals surface area contributed by atoms with Crippen molar-refractivity contribution in [3.8, 4) is 11.8 Å². The average Bonchev–Trinajstić information content (AvgIpc) is 2.91. The summed E-state index contributed by atoms with van der Waals surface area (Å²) in [5.74, 6) is 0. The van der Waals surface area contributed by atoms with Crippen LogP contribution in [0.15, 0.2) is 42.7 Å². The maximum Gasteiger partial charge on any atom is 0.170 e. The van der Waals surface area contributed by atoms with Crippen molar-refractivity contribution in [1.29, 1.82) is 5.26 Å². The molecule has 0 fully saturated rings. The summed E-state index contributed by atoms with van der Waals surface area (Å²) in [7, 11) is 0. The van der Waals surface area contributed by atoms with Crippen LogP contribution in [0.1, 0.15) is 11.7 Å². The Morgan fingerprint density at radius 2 is 1.94 bits per heavy atom. The minimum Gasteiger partial charge on any atom is -0.385 e. The van der Waals surface area contributed by atoms with E-state index >= 15 is 0 Å². The lowest BCUT2D eigenvalue weighted by molar-refractivity contribution is 0.0528. The molecular weight excluding hydrogens is 218 g/mol. The molecule has 0 saturated carbocycles. The van der Waals surface area contributed by atoms with Crippen LogP contribution in [-0.4, -0.2) is 26.1 Å². The lowest BCUT2D eigenvalue weighted by Crippen LogP contribution is -2.15. The van der Waals surface area contributed by atoms with Gasteiger partial charge in [-0.2, -0.15) is 10.4 Å². The highest BCUT2D eigenvalue weighted by atomic mass is 16.3. The Morgan fingerprint density at radius 1 is 1.24 bits per heavy atom. The predicted molar refractivity (Wildman–Crippen MR) is 60.1 cm³/mol. The molecule has 0 aliphatic rings. The third-order valence-electron chi connectivity index (χ3n) is 2.43. The van der Waals surface area contributed by atoms with Crippen molar-refractivity contribution in [3.05, 3.63) is 48.3 Å². The fraction of sp³-hybridized carbons (Fsp3) is 0.167. The minimum atomic E-state index is -1.41. The second kappa shape index (κ2) is 4.78. The Hall–Kier alpha value is -2.16. The minimum absolute atomic E-state index is 0.495. The molecule has 1 heterocycles. The van der Waals surface area contributed by atoms with E-state index in [-0.39, 0.29) is 0 Å². The second-order valence-electron chi connectivity index (χ2n) is 3.56. The van der Waals surface area contributed by atoms with Gasteiger partial charge in [0, 0.05) is 12.4 Å². The summed E-state index contributed by atoms with van der Waals surface area (Å²) < 4.78 is 1.68. The summed E-state index contributed by atoms with van der Waals surface area (Å²) in [6.07, 6.45) is 0.870. The lowest BCUT2D eigenvalue weighted by atomic mass is 10.1. The van der Waals surface area contributed by atoms with Crippen LogP contribution in [0.25, 0.3) is 5.69 Å². The molecule has 2 unspecified atom stereocenters. The van der Waals surface area contributed by atoms with Crippen molar-refractivity contribution < 1.29 is 10.2 Å². The number of nitriles is 1. The van der Waals surface area contributed by atoms with Crippen LogP contribution in [0.4, 0.5) is 0 Å². The molecule has 0 aliphatic carbocycles. The van der Waals surface area contributed by atoms with Crippen LogP contribution in [0.2, 0.25) is 0 Å². The smallest absolute Gasteiger partial charge is 0.170 e. The Labute approximate surface area is 98.2 Å². The van der Waals surface area contributed by atoms with Gasteiger partial charge in [-0.3, -0.25) is 0 Å². The summed E-state index contributed by atoms with van der Waals surface area (Å²) in [6.45, 7) is 0. The van der Waals surface area contributed by atoms with E-state index in [2.05, 4.69) is 5.10 Å². The maximum absolute atomic E-state index is 9.62. The zero-order chi connectivity index (χ0) is 12.3. The predicted octanol–water partition coefficient (Wildman–Crippen LogP) is 0.790. The molecule has 1 aromatic heterocycles. The van der Waals surface area contributed by atoms with Crippen molar-refractivity contribution in [3.63, 3.8) is 0 Å². The van der Waals surface area contributed by atoms with Crippen LogP contribution >= 0.6 is 0 Å². The van der Waals surface area contributed by atoms with Gasteiger partial charge in [-0.1, -0.05) is 12.1 Å². The monoisotopic (exact) mass is 229 g/mol. The number of benzene rings is 1. The third kappa shape index (κ3) is 2.33. The van der Waals surface area contributed by atoms with Gasteiger partial charge in [-0.15, -0.1) is 0 Å². The SMILES string of the molecule is N#CC(O)C(O)c1ccc(-n2cccn2)cc1. The van der Waals surface area contributed by atoms with Crippen molar-refractivity contribution in [1.82, 2.24) is 9.78 Å². The van der Waals surface area contributed by atoms with Crippen LogP contribution in [-0.2, 0) is 0 Å². The van der Waals surface area contributed by atoms with E-state index in [9.17, 15) is 10.2 Å². The molecule has 17 heavy (non-hydrogen) atoms. The molecule has 0 radical (unpaired) electrons. The largest absolute Gasteiger partial charge is 0.385 e. The highest BCUT2D eigenvalue weighted by molar-refractivity contribution is 5.35. The van der Waals surface area contributed by atoms with Crippen LogP contribution in [0.5, 0.6) is 0 Å². The first-order valence-electron chi connectivity index (χ1n) is 5.08. The van der Waals surface area contributed by atoms with Gasteiger partial charge in [0.05, 0.1) is 11.8 Å². The molecule has 2 N–H and O–H groups in total. The van der Waals surface area contributed by atoms with Crippen molar-refractivity contribution >= 4 is 0 Å². The van der Waals surface area contributed by atoms with Crippen molar-refractivity contribution in [2.75, 3.05) is 0 Å². The fourth-order valence-corrected chi connectivity index (χ4v) is 1.50. The molecule has 0 saturated heterocycles. The Kier molecular flexibility index (Phi) is 3.19. The molecule has 0 amide bonds. The van der Waals surface area contributed by atoms with Crippen LogP contribution < -0.4 is 0 Å². The highest BCUT2D eigenvalue weighted by Crippen LogP contribution is 2.18. The van der Waals surface area contributed by atoms with E-state index in [0.29, 0.717) is 5.56 Å². The molecule has 1 aromatic carbocycles. The van der Waals surface area contributed by atoms with E-state index in [4.69, 9.17) is 5.26 Å². The van der Waals surface area contributed by atoms with E-state index in [1.54, 1.807) is 47.4 Å².